The van der Waals surface area contributed by atoms with E-state index in [1.54, 1.807) is 0 Å². The Bertz CT molecular complexity index is 580. The summed E-state index contributed by atoms with van der Waals surface area (Å²) in [5.41, 5.74) is 3.56. The third-order valence-electron chi connectivity index (χ3n) is 3.54. The lowest BCUT2D eigenvalue weighted by molar-refractivity contribution is 0.340. The first kappa shape index (κ1) is 15.9. The third-order valence-corrected chi connectivity index (χ3v) is 3.95. The molecule has 0 saturated carbocycles. The number of halogens is 1. The molecule has 0 fully saturated rings. The lowest BCUT2D eigenvalue weighted by Gasteiger charge is -2.15. The van der Waals surface area contributed by atoms with E-state index < -0.39 is 0 Å². The minimum Gasteiger partial charge on any atom is -0.494 e. The van der Waals surface area contributed by atoms with Crippen LogP contribution in [-0.2, 0) is 6.54 Å². The van der Waals surface area contributed by atoms with Crippen LogP contribution in [0.15, 0.2) is 42.5 Å². The highest BCUT2D eigenvalue weighted by molar-refractivity contribution is 6.31. The highest BCUT2D eigenvalue weighted by Gasteiger charge is 2.06. The zero-order valence-electron chi connectivity index (χ0n) is 12.8. The summed E-state index contributed by atoms with van der Waals surface area (Å²) >= 11 is 6.15. The van der Waals surface area contributed by atoms with Gasteiger partial charge in [-0.2, -0.15) is 0 Å². The summed E-state index contributed by atoms with van der Waals surface area (Å²) < 4.78 is 5.46. The smallest absolute Gasteiger partial charge is 0.119 e. The van der Waals surface area contributed by atoms with E-state index in [9.17, 15) is 0 Å². The van der Waals surface area contributed by atoms with Crippen molar-refractivity contribution in [3.63, 3.8) is 0 Å². The molecule has 1 N–H and O–H groups in total. The van der Waals surface area contributed by atoms with Crippen LogP contribution < -0.4 is 10.1 Å². The molecule has 0 saturated heterocycles. The number of nitrogens with one attached hydrogen (secondary N) is 1. The zero-order valence-corrected chi connectivity index (χ0v) is 13.6. The average molecular weight is 304 g/mol. The van der Waals surface area contributed by atoms with E-state index >= 15 is 0 Å². The maximum Gasteiger partial charge on any atom is 0.119 e. The lowest BCUT2D eigenvalue weighted by Crippen LogP contribution is -2.18. The molecule has 2 rings (SSSR count). The molecule has 2 aromatic rings. The van der Waals surface area contributed by atoms with E-state index in [2.05, 4.69) is 36.5 Å². The van der Waals surface area contributed by atoms with Gasteiger partial charge in [0.2, 0.25) is 0 Å². The Kier molecular flexibility index (Phi) is 5.66. The highest BCUT2D eigenvalue weighted by atomic mass is 35.5. The van der Waals surface area contributed by atoms with Gasteiger partial charge in [0.05, 0.1) is 6.61 Å². The predicted octanol–water partition coefficient (Wildman–Crippen LogP) is 4.90. The van der Waals surface area contributed by atoms with Gasteiger partial charge in [0, 0.05) is 17.6 Å². The largest absolute Gasteiger partial charge is 0.494 e. The topological polar surface area (TPSA) is 21.3 Å². The normalized spacial score (nSPS) is 12.2. The molecule has 0 spiro atoms. The Morgan fingerprint density at radius 1 is 1.14 bits per heavy atom. The molecule has 112 valence electrons. The number of benzene rings is 2. The van der Waals surface area contributed by atoms with Crippen molar-refractivity contribution in [2.75, 3.05) is 6.61 Å². The van der Waals surface area contributed by atoms with Gasteiger partial charge in [0.15, 0.2) is 0 Å². The van der Waals surface area contributed by atoms with Gasteiger partial charge < -0.3 is 10.1 Å². The van der Waals surface area contributed by atoms with Gasteiger partial charge in [0.25, 0.3) is 0 Å². The minimum absolute atomic E-state index is 0.278. The third kappa shape index (κ3) is 4.48. The molecule has 1 atom stereocenters. The second-order valence-corrected chi connectivity index (χ2v) is 5.60. The second-order valence-electron chi connectivity index (χ2n) is 5.19. The maximum absolute atomic E-state index is 6.15. The fourth-order valence-corrected chi connectivity index (χ4v) is 2.36. The van der Waals surface area contributed by atoms with Crippen molar-refractivity contribution in [3.8, 4) is 5.75 Å². The highest BCUT2D eigenvalue weighted by Crippen LogP contribution is 2.20. The van der Waals surface area contributed by atoms with Crippen LogP contribution in [0.1, 0.15) is 36.6 Å². The summed E-state index contributed by atoms with van der Waals surface area (Å²) in [5, 5.41) is 4.34. The van der Waals surface area contributed by atoms with E-state index in [1.165, 1.54) is 11.1 Å². The molecule has 21 heavy (non-hydrogen) atoms. The van der Waals surface area contributed by atoms with Gasteiger partial charge in [-0.15, -0.1) is 0 Å². The van der Waals surface area contributed by atoms with Crippen LogP contribution in [0, 0.1) is 6.92 Å². The molecule has 0 bridgehead atoms. The van der Waals surface area contributed by atoms with Gasteiger partial charge in [-0.25, -0.2) is 0 Å². The number of aryl methyl sites for hydroxylation is 1. The van der Waals surface area contributed by atoms with Crippen LogP contribution in [0.4, 0.5) is 0 Å². The summed E-state index contributed by atoms with van der Waals surface area (Å²) in [5.74, 6) is 0.916. The van der Waals surface area contributed by atoms with Gasteiger partial charge >= 0.3 is 0 Å². The predicted molar refractivity (Wildman–Crippen MR) is 89.1 cm³/mol. The minimum atomic E-state index is 0.278. The van der Waals surface area contributed by atoms with Crippen LogP contribution in [0.25, 0.3) is 0 Å². The molecule has 0 radical (unpaired) electrons. The Morgan fingerprint density at radius 2 is 1.86 bits per heavy atom. The Balaban J connectivity index is 1.94. The van der Waals surface area contributed by atoms with E-state index in [1.807, 2.05) is 32.0 Å². The van der Waals surface area contributed by atoms with E-state index in [-0.39, 0.29) is 6.04 Å². The van der Waals surface area contributed by atoms with E-state index in [0.717, 1.165) is 22.9 Å². The first-order chi connectivity index (χ1) is 10.1. The van der Waals surface area contributed by atoms with Crippen molar-refractivity contribution < 1.29 is 4.74 Å². The quantitative estimate of drug-likeness (QED) is 0.819. The molecular weight excluding hydrogens is 282 g/mol. The fourth-order valence-electron chi connectivity index (χ4n) is 2.15. The van der Waals surface area contributed by atoms with Crippen LogP contribution in [0.5, 0.6) is 5.75 Å². The molecule has 1 unspecified atom stereocenters. The standard InChI is InChI=1S/C18H22ClNO/c1-4-21-17-9-7-16(8-10-17)14(3)20-12-15-6-5-13(2)18(19)11-15/h5-11,14,20H,4,12H2,1-3H3. The number of hydrogen-bond donors (Lipinski definition) is 1. The summed E-state index contributed by atoms with van der Waals surface area (Å²) in [4.78, 5) is 0. The Hall–Kier alpha value is -1.51. The van der Waals surface area contributed by atoms with Crippen molar-refractivity contribution in [2.45, 2.75) is 33.4 Å². The first-order valence-electron chi connectivity index (χ1n) is 7.31. The molecule has 0 aromatic heterocycles. The Labute approximate surface area is 132 Å². The van der Waals surface area contributed by atoms with Gasteiger partial charge in [0.1, 0.15) is 5.75 Å². The van der Waals surface area contributed by atoms with E-state index in [0.29, 0.717) is 6.61 Å². The zero-order chi connectivity index (χ0) is 15.2. The van der Waals surface area contributed by atoms with Crippen molar-refractivity contribution >= 4 is 11.6 Å². The van der Waals surface area contributed by atoms with Crippen LogP contribution in [0.2, 0.25) is 5.02 Å². The molecule has 0 amide bonds. The number of rotatable bonds is 6. The molecule has 0 heterocycles. The lowest BCUT2D eigenvalue weighted by atomic mass is 10.1. The molecular formula is C18H22ClNO. The van der Waals surface area contributed by atoms with Crippen LogP contribution >= 0.6 is 11.6 Å². The Morgan fingerprint density at radius 3 is 2.48 bits per heavy atom. The van der Waals surface area contributed by atoms with Crippen LogP contribution in [0.3, 0.4) is 0 Å². The van der Waals surface area contributed by atoms with Gasteiger partial charge in [-0.3, -0.25) is 0 Å². The van der Waals surface area contributed by atoms with Gasteiger partial charge in [-0.05, 0) is 55.7 Å². The molecule has 0 aliphatic rings. The number of ether oxygens (including phenoxy) is 1. The summed E-state index contributed by atoms with van der Waals surface area (Å²) in [6, 6.07) is 14.7. The summed E-state index contributed by atoms with van der Waals surface area (Å²) in [6.45, 7) is 7.66. The van der Waals surface area contributed by atoms with Crippen molar-refractivity contribution in [2.24, 2.45) is 0 Å². The summed E-state index contributed by atoms with van der Waals surface area (Å²) in [7, 11) is 0. The number of hydrogen-bond acceptors (Lipinski definition) is 2. The molecule has 0 aliphatic carbocycles. The molecule has 3 heteroatoms. The van der Waals surface area contributed by atoms with Crippen LogP contribution in [-0.4, -0.2) is 6.61 Å². The molecule has 2 aromatic carbocycles. The van der Waals surface area contributed by atoms with Crippen molar-refractivity contribution in [1.29, 1.82) is 0 Å². The fraction of sp³-hybridized carbons (Fsp3) is 0.333. The second kappa shape index (κ2) is 7.48. The molecule has 2 nitrogen and oxygen atoms in total. The maximum atomic E-state index is 6.15. The monoisotopic (exact) mass is 303 g/mol. The van der Waals surface area contributed by atoms with Gasteiger partial charge in [-0.1, -0.05) is 35.9 Å². The first-order valence-corrected chi connectivity index (χ1v) is 7.69. The average Bonchev–Trinajstić information content (AvgIpc) is 2.49. The molecule has 0 aliphatic heterocycles. The van der Waals surface area contributed by atoms with Crippen molar-refractivity contribution in [3.05, 3.63) is 64.2 Å². The van der Waals surface area contributed by atoms with E-state index in [4.69, 9.17) is 16.3 Å². The van der Waals surface area contributed by atoms with Crippen molar-refractivity contribution in [1.82, 2.24) is 5.32 Å². The summed E-state index contributed by atoms with van der Waals surface area (Å²) in [6.07, 6.45) is 0. The SMILES string of the molecule is CCOc1ccc(C(C)NCc2ccc(C)c(Cl)c2)cc1.